The first-order valence-electron chi connectivity index (χ1n) is 15.0. The third kappa shape index (κ3) is 10.1. The molecule has 237 valence electrons. The van der Waals surface area contributed by atoms with E-state index in [2.05, 4.69) is 20.4 Å². The van der Waals surface area contributed by atoms with Gasteiger partial charge in [-0.15, -0.1) is 0 Å². The minimum Gasteiger partial charge on any atom is -0.631 e. The van der Waals surface area contributed by atoms with Crippen molar-refractivity contribution >= 4 is 11.8 Å². The van der Waals surface area contributed by atoms with Crippen LogP contribution in [0.5, 0.6) is 0 Å². The second-order valence-electron chi connectivity index (χ2n) is 10.5. The summed E-state index contributed by atoms with van der Waals surface area (Å²) in [5.41, 5.74) is 3.32. The summed E-state index contributed by atoms with van der Waals surface area (Å²) in [6.45, 7) is 5.85. The van der Waals surface area contributed by atoms with Crippen LogP contribution in [-0.2, 0) is 26.5 Å². The summed E-state index contributed by atoms with van der Waals surface area (Å²) >= 11 is 0. The molecule has 2 saturated heterocycles. The van der Waals surface area contributed by atoms with Crippen LogP contribution in [-0.4, -0.2) is 74.2 Å². The van der Waals surface area contributed by atoms with Crippen LogP contribution in [0.2, 0.25) is 0 Å². The van der Waals surface area contributed by atoms with Crippen LogP contribution in [0.3, 0.4) is 0 Å². The maximum Gasteiger partial charge on any atom is 2.00 e. The van der Waals surface area contributed by atoms with Crippen molar-refractivity contribution in [2.75, 3.05) is 52.6 Å². The van der Waals surface area contributed by atoms with Gasteiger partial charge in [-0.3, -0.25) is 0 Å². The molecule has 6 rings (SSSR count). The van der Waals surface area contributed by atoms with Crippen LogP contribution >= 0.6 is 0 Å². The van der Waals surface area contributed by atoms with Crippen LogP contribution in [0, 0.1) is 0 Å². The second-order valence-corrected chi connectivity index (χ2v) is 10.5. The topological polar surface area (TPSA) is 87.3 Å². The molecule has 9 heteroatoms. The van der Waals surface area contributed by atoms with E-state index in [9.17, 15) is 9.59 Å². The molecule has 2 amide bonds. The van der Waals surface area contributed by atoms with Crippen molar-refractivity contribution in [1.82, 2.24) is 9.80 Å². The molecular weight excluding hydrogens is 616 g/mol. The number of hydrogen-bond acceptors (Lipinski definition) is 6. The first-order chi connectivity index (χ1) is 21.7. The average molecular weight is 654 g/mol. The van der Waals surface area contributed by atoms with Gasteiger partial charge in [-0.1, -0.05) is 121 Å². The normalized spacial score (nSPS) is 16.5. The first kappa shape index (κ1) is 34.1. The van der Waals surface area contributed by atoms with Crippen molar-refractivity contribution < 1.29 is 36.1 Å². The molecule has 2 unspecified atom stereocenters. The third-order valence-corrected chi connectivity index (χ3v) is 7.50. The zero-order valence-electron chi connectivity index (χ0n) is 25.1. The molecule has 8 nitrogen and oxygen atoms in total. The molecule has 2 fully saturated rings. The van der Waals surface area contributed by atoms with Gasteiger partial charge in [0.15, 0.2) is 0 Å². The van der Waals surface area contributed by atoms with Crippen LogP contribution in [0.25, 0.3) is 10.6 Å². The molecule has 0 N–H and O–H groups in total. The van der Waals surface area contributed by atoms with Gasteiger partial charge in [0.2, 0.25) is 0 Å². The van der Waals surface area contributed by atoms with Crippen molar-refractivity contribution in [3.05, 3.63) is 154 Å². The van der Waals surface area contributed by atoms with Gasteiger partial charge >= 0.3 is 17.1 Å². The number of carbonyl (C=O) groups excluding carboxylic acids is 2. The van der Waals surface area contributed by atoms with Gasteiger partial charge in [0.1, 0.15) is 0 Å². The number of ether oxygens (including phenoxy) is 2. The van der Waals surface area contributed by atoms with E-state index in [1.165, 1.54) is 0 Å². The first-order valence-corrected chi connectivity index (χ1v) is 15.0. The Labute approximate surface area is 276 Å². The minimum atomic E-state index is -0.252. The zero-order chi connectivity index (χ0) is 30.4. The van der Waals surface area contributed by atoms with Gasteiger partial charge in [-0.05, 0) is 34.6 Å². The van der Waals surface area contributed by atoms with Gasteiger partial charge in [0, 0.05) is 26.2 Å². The van der Waals surface area contributed by atoms with E-state index in [4.69, 9.17) is 9.47 Å². The molecule has 0 saturated carbocycles. The van der Waals surface area contributed by atoms with Crippen molar-refractivity contribution in [2.45, 2.75) is 12.3 Å². The summed E-state index contributed by atoms with van der Waals surface area (Å²) in [4.78, 5) is 29.3. The molecule has 2 heterocycles. The van der Waals surface area contributed by atoms with Gasteiger partial charge in [0.05, 0.1) is 38.2 Å². The number of rotatable bonds is 8. The van der Waals surface area contributed by atoms with E-state index in [1.807, 2.05) is 97.1 Å². The molecule has 0 aromatic heterocycles. The Balaban J connectivity index is 0.000000200. The summed E-state index contributed by atoms with van der Waals surface area (Å²) in [5, 5.41) is 8.94. The van der Waals surface area contributed by atoms with Crippen molar-refractivity contribution in [2.24, 2.45) is 0 Å². The molecule has 0 bridgehead atoms. The number of nitrogens with zero attached hydrogens (tertiary/aromatic N) is 4. The van der Waals surface area contributed by atoms with Gasteiger partial charge < -0.3 is 39.5 Å². The second kappa shape index (κ2) is 18.2. The number of hydrogen-bond donors (Lipinski definition) is 0. The Hall–Kier alpha value is -3.82. The van der Waals surface area contributed by atoms with Crippen LogP contribution in [0.15, 0.2) is 121 Å². The Morgan fingerprint density at radius 2 is 0.778 bits per heavy atom. The summed E-state index contributed by atoms with van der Waals surface area (Å²) in [6, 6.07) is 38.3. The molecule has 2 aliphatic rings. The Morgan fingerprint density at radius 1 is 0.489 bits per heavy atom. The van der Waals surface area contributed by atoms with Crippen molar-refractivity contribution in [3.8, 4) is 0 Å². The zero-order valence-corrected chi connectivity index (χ0v) is 26.0. The van der Waals surface area contributed by atoms with E-state index in [0.29, 0.717) is 37.6 Å². The van der Waals surface area contributed by atoms with Gasteiger partial charge in [0.25, 0.3) is 0 Å². The van der Waals surface area contributed by atoms with Crippen LogP contribution < -0.4 is 0 Å². The molecule has 45 heavy (non-hydrogen) atoms. The van der Waals surface area contributed by atoms with E-state index in [1.54, 1.807) is 24.3 Å². The molecule has 0 aliphatic carbocycles. The van der Waals surface area contributed by atoms with Gasteiger partial charge in [-0.25, -0.2) is 0 Å². The molecule has 2 atom stereocenters. The largest absolute Gasteiger partial charge is 2.00 e. The standard InChI is InChI=1S/2C18H20N2O2.Cu/c2*21-18(16-9-5-2-6-10-16)19-17(15-7-3-1-4-8-15)20-11-13-22-14-12-20;/h2*1-10,17H,11-14H2,(H,19,21);/q;;+2/p-2. The monoisotopic (exact) mass is 653 g/mol. The fourth-order valence-corrected chi connectivity index (χ4v) is 5.16. The minimum absolute atomic E-state index is 0. The van der Waals surface area contributed by atoms with Crippen molar-refractivity contribution in [3.63, 3.8) is 0 Å². The summed E-state index contributed by atoms with van der Waals surface area (Å²) in [7, 11) is 0. The van der Waals surface area contributed by atoms with Crippen LogP contribution in [0.4, 0.5) is 0 Å². The average Bonchev–Trinajstić information content (AvgIpc) is 3.12. The van der Waals surface area contributed by atoms with Crippen molar-refractivity contribution in [1.29, 1.82) is 0 Å². The Kier molecular flexibility index (Phi) is 13.8. The molecule has 4 aromatic carbocycles. The quantitative estimate of drug-likeness (QED) is 0.203. The number of amides is 2. The van der Waals surface area contributed by atoms with E-state index < -0.39 is 0 Å². The number of benzene rings is 4. The maximum absolute atomic E-state index is 12.4. The van der Waals surface area contributed by atoms with E-state index in [0.717, 1.165) is 37.3 Å². The maximum atomic E-state index is 12.4. The molecule has 2 aliphatic heterocycles. The summed E-state index contributed by atoms with van der Waals surface area (Å²) in [5.74, 6) is -0.359. The SMILES string of the molecule is O=C([N-]C(c1ccccc1)N1CCOCC1)c1ccccc1.O=C([N-]C(c1ccccc1)N1CCOCC1)c1ccccc1.[Cu+2]. The summed E-state index contributed by atoms with van der Waals surface area (Å²) in [6.07, 6.45) is -0.504. The number of morpholine rings is 2. The molecule has 4 aromatic rings. The molecule has 1 radical (unpaired) electrons. The Morgan fingerprint density at radius 3 is 1.09 bits per heavy atom. The van der Waals surface area contributed by atoms with Gasteiger partial charge in [-0.2, -0.15) is 0 Å². The fourth-order valence-electron chi connectivity index (χ4n) is 5.16. The molecule has 0 spiro atoms. The smallest absolute Gasteiger partial charge is 0.631 e. The van der Waals surface area contributed by atoms with E-state index in [-0.39, 0.29) is 41.2 Å². The molecular formula is C36H38CuN4O4. The van der Waals surface area contributed by atoms with E-state index >= 15 is 0 Å². The Bertz CT molecular complexity index is 1310. The predicted molar refractivity (Wildman–Crippen MR) is 171 cm³/mol. The van der Waals surface area contributed by atoms with Crippen LogP contribution in [0.1, 0.15) is 44.2 Å². The summed E-state index contributed by atoms with van der Waals surface area (Å²) < 4.78 is 10.8. The third-order valence-electron chi connectivity index (χ3n) is 7.50. The predicted octanol–water partition coefficient (Wildman–Crippen LogP) is 6.46. The number of carbonyl (C=O) groups is 2. The fraction of sp³-hybridized carbons (Fsp3) is 0.278.